The molecule has 0 aliphatic heterocycles. The van der Waals surface area contributed by atoms with Crippen LogP contribution in [0.2, 0.25) is 0 Å². The van der Waals surface area contributed by atoms with Gasteiger partial charge in [-0.05, 0) is 36.4 Å². The second-order valence-corrected chi connectivity index (χ2v) is 6.37. The maximum Gasteiger partial charge on any atom is 0.335 e. The molecule has 0 unspecified atom stereocenters. The van der Waals surface area contributed by atoms with E-state index in [2.05, 4.69) is 9.71 Å². The van der Waals surface area contributed by atoms with Crippen LogP contribution in [-0.2, 0) is 10.0 Å². The number of fused-ring (bicyclic) bond motifs is 1. The smallest absolute Gasteiger partial charge is 0.335 e. The molecule has 7 heteroatoms. The highest BCUT2D eigenvalue weighted by molar-refractivity contribution is 7.92. The first-order chi connectivity index (χ1) is 10.5. The average molecular weight is 316 g/mol. The molecule has 0 atom stereocenters. The van der Waals surface area contributed by atoms with Crippen LogP contribution in [0.25, 0.3) is 10.9 Å². The van der Waals surface area contributed by atoms with Crippen LogP contribution in [0.1, 0.15) is 10.4 Å². The SMILES string of the molecule is O=C(O)c1cccc(S(=O)(=O)Nc2cccc3[nH]ccc23)c1. The number of hydrogen-bond acceptors (Lipinski definition) is 3. The standard InChI is InChI=1S/C15H12N2O4S/c18-15(19)10-3-1-4-11(9-10)22(20,21)17-14-6-2-5-13-12(14)7-8-16-13/h1-9,16-17H,(H,18,19). The van der Waals surface area contributed by atoms with Crippen molar-refractivity contribution in [3.05, 3.63) is 60.3 Å². The highest BCUT2D eigenvalue weighted by Crippen LogP contribution is 2.25. The Morgan fingerprint density at radius 3 is 2.64 bits per heavy atom. The van der Waals surface area contributed by atoms with Gasteiger partial charge in [0.05, 0.1) is 16.1 Å². The molecular formula is C15H12N2O4S. The Balaban J connectivity index is 2.02. The van der Waals surface area contributed by atoms with Crippen molar-refractivity contribution in [2.45, 2.75) is 4.90 Å². The van der Waals surface area contributed by atoms with Crippen LogP contribution in [0.4, 0.5) is 5.69 Å². The zero-order valence-corrected chi connectivity index (χ0v) is 12.1. The molecule has 1 heterocycles. The van der Waals surface area contributed by atoms with E-state index in [1.807, 2.05) is 6.07 Å². The molecule has 0 radical (unpaired) electrons. The summed E-state index contributed by atoms with van der Waals surface area (Å²) in [7, 11) is -3.87. The topological polar surface area (TPSA) is 99.3 Å². The quantitative estimate of drug-likeness (QED) is 0.689. The largest absolute Gasteiger partial charge is 0.478 e. The van der Waals surface area contributed by atoms with Crippen LogP contribution in [0.3, 0.4) is 0 Å². The highest BCUT2D eigenvalue weighted by atomic mass is 32.2. The van der Waals surface area contributed by atoms with E-state index in [-0.39, 0.29) is 10.5 Å². The Morgan fingerprint density at radius 1 is 1.09 bits per heavy atom. The number of rotatable bonds is 4. The highest BCUT2D eigenvalue weighted by Gasteiger charge is 2.17. The third-order valence-electron chi connectivity index (χ3n) is 3.23. The second-order valence-electron chi connectivity index (χ2n) is 4.68. The molecule has 3 aromatic rings. The van der Waals surface area contributed by atoms with Gasteiger partial charge in [0.1, 0.15) is 0 Å². The maximum absolute atomic E-state index is 12.4. The summed E-state index contributed by atoms with van der Waals surface area (Å²) in [6, 6.07) is 12.2. The van der Waals surface area contributed by atoms with E-state index in [1.165, 1.54) is 18.2 Å². The lowest BCUT2D eigenvalue weighted by atomic mass is 10.2. The number of aromatic nitrogens is 1. The van der Waals surface area contributed by atoms with Gasteiger partial charge in [-0.2, -0.15) is 0 Å². The first-order valence-corrected chi connectivity index (χ1v) is 7.88. The zero-order chi connectivity index (χ0) is 15.7. The van der Waals surface area contributed by atoms with Crippen LogP contribution in [0, 0.1) is 0 Å². The van der Waals surface area contributed by atoms with Gasteiger partial charge >= 0.3 is 5.97 Å². The molecule has 6 nitrogen and oxygen atoms in total. The normalized spacial score (nSPS) is 11.5. The van der Waals surface area contributed by atoms with E-state index in [4.69, 9.17) is 5.11 Å². The molecule has 1 aromatic heterocycles. The predicted molar refractivity (Wildman–Crippen MR) is 82.5 cm³/mol. The number of benzene rings is 2. The third kappa shape index (κ3) is 2.53. The van der Waals surface area contributed by atoms with Crippen molar-refractivity contribution in [3.8, 4) is 0 Å². The van der Waals surface area contributed by atoms with Crippen molar-refractivity contribution < 1.29 is 18.3 Å². The fourth-order valence-electron chi connectivity index (χ4n) is 2.17. The summed E-state index contributed by atoms with van der Waals surface area (Å²) in [6.07, 6.45) is 1.72. The number of aromatic amines is 1. The second kappa shape index (κ2) is 5.19. The molecule has 0 saturated carbocycles. The summed E-state index contributed by atoms with van der Waals surface area (Å²) < 4.78 is 27.3. The van der Waals surface area contributed by atoms with Gasteiger partial charge in [-0.25, -0.2) is 13.2 Å². The molecule has 0 fully saturated rings. The van der Waals surface area contributed by atoms with Crippen LogP contribution >= 0.6 is 0 Å². The summed E-state index contributed by atoms with van der Waals surface area (Å²) in [5, 5.41) is 9.70. The summed E-state index contributed by atoms with van der Waals surface area (Å²) >= 11 is 0. The minimum absolute atomic E-state index is 0.0808. The Morgan fingerprint density at radius 2 is 1.86 bits per heavy atom. The number of anilines is 1. The molecule has 0 spiro atoms. The molecule has 0 aliphatic rings. The van der Waals surface area contributed by atoms with E-state index in [9.17, 15) is 13.2 Å². The first-order valence-electron chi connectivity index (χ1n) is 6.40. The number of carboxylic acid groups (broad SMARTS) is 1. The molecule has 0 aliphatic carbocycles. The van der Waals surface area contributed by atoms with Crippen LogP contribution in [-0.4, -0.2) is 24.5 Å². The molecule has 3 N–H and O–H groups in total. The Kier molecular flexibility index (Phi) is 3.34. The van der Waals surface area contributed by atoms with Gasteiger partial charge in [-0.1, -0.05) is 12.1 Å². The van der Waals surface area contributed by atoms with Gasteiger partial charge in [-0.15, -0.1) is 0 Å². The number of H-pyrrole nitrogens is 1. The van der Waals surface area contributed by atoms with Crippen molar-refractivity contribution in [1.29, 1.82) is 0 Å². The number of nitrogens with one attached hydrogen (secondary N) is 2. The van der Waals surface area contributed by atoms with Crippen molar-refractivity contribution in [3.63, 3.8) is 0 Å². The van der Waals surface area contributed by atoms with E-state index in [1.54, 1.807) is 24.4 Å². The molecule has 0 saturated heterocycles. The average Bonchev–Trinajstić information content (AvgIpc) is 2.97. The molecule has 3 rings (SSSR count). The minimum atomic E-state index is -3.87. The molecule has 2 aromatic carbocycles. The summed E-state index contributed by atoms with van der Waals surface area (Å²) in [5.41, 5.74) is 1.15. The van der Waals surface area contributed by atoms with Gasteiger partial charge in [0.25, 0.3) is 10.0 Å². The van der Waals surface area contributed by atoms with Crippen LogP contribution in [0.15, 0.2) is 59.6 Å². The Bertz CT molecular complexity index is 960. The number of sulfonamides is 1. The molecule has 0 bridgehead atoms. The van der Waals surface area contributed by atoms with Gasteiger partial charge in [0.2, 0.25) is 0 Å². The Hall–Kier alpha value is -2.80. The Labute approximate surface area is 126 Å². The molecular weight excluding hydrogens is 304 g/mol. The summed E-state index contributed by atoms with van der Waals surface area (Å²) in [6.45, 7) is 0. The minimum Gasteiger partial charge on any atom is -0.478 e. The fraction of sp³-hybridized carbons (Fsp3) is 0. The number of hydrogen-bond donors (Lipinski definition) is 3. The van der Waals surface area contributed by atoms with Gasteiger partial charge in [0.15, 0.2) is 0 Å². The van der Waals surface area contributed by atoms with Crippen LogP contribution < -0.4 is 4.72 Å². The van der Waals surface area contributed by atoms with Crippen molar-refractivity contribution in [2.24, 2.45) is 0 Å². The lowest BCUT2D eigenvalue weighted by Crippen LogP contribution is -2.13. The summed E-state index contributed by atoms with van der Waals surface area (Å²) in [4.78, 5) is 13.9. The van der Waals surface area contributed by atoms with E-state index in [0.29, 0.717) is 5.69 Å². The lowest BCUT2D eigenvalue weighted by Gasteiger charge is -2.09. The van der Waals surface area contributed by atoms with Gasteiger partial charge < -0.3 is 10.1 Å². The number of carbonyl (C=O) groups is 1. The van der Waals surface area contributed by atoms with Crippen molar-refractivity contribution in [1.82, 2.24) is 4.98 Å². The van der Waals surface area contributed by atoms with E-state index < -0.39 is 16.0 Å². The summed E-state index contributed by atoms with van der Waals surface area (Å²) in [5.74, 6) is -1.18. The van der Waals surface area contributed by atoms with Gasteiger partial charge in [-0.3, -0.25) is 4.72 Å². The molecule has 112 valence electrons. The van der Waals surface area contributed by atoms with Crippen LogP contribution in [0.5, 0.6) is 0 Å². The lowest BCUT2D eigenvalue weighted by molar-refractivity contribution is 0.0696. The van der Waals surface area contributed by atoms with Crippen molar-refractivity contribution >= 4 is 32.6 Å². The predicted octanol–water partition coefficient (Wildman–Crippen LogP) is 2.67. The monoisotopic (exact) mass is 316 g/mol. The molecule has 22 heavy (non-hydrogen) atoms. The third-order valence-corrected chi connectivity index (χ3v) is 4.59. The molecule has 0 amide bonds. The maximum atomic E-state index is 12.4. The van der Waals surface area contributed by atoms with E-state index in [0.717, 1.165) is 17.0 Å². The fourth-order valence-corrected chi connectivity index (χ4v) is 3.30. The number of carboxylic acids is 1. The number of aromatic carboxylic acids is 1. The van der Waals surface area contributed by atoms with Crippen molar-refractivity contribution in [2.75, 3.05) is 4.72 Å². The zero-order valence-electron chi connectivity index (χ0n) is 11.3. The van der Waals surface area contributed by atoms with E-state index >= 15 is 0 Å². The first kappa shape index (κ1) is 14.2. The van der Waals surface area contributed by atoms with Gasteiger partial charge in [0, 0.05) is 17.1 Å².